The molecule has 7 heteroatoms. The lowest BCUT2D eigenvalue weighted by molar-refractivity contribution is 0.103. The smallest absolute Gasteiger partial charge is 0.267 e. The SMILES string of the molecule is Cc1nc(-c2cccs2)sc1C(=O)Nc1ccc(Cl)c(C#N)c1. The fraction of sp³-hybridized carbons (Fsp3) is 0.0625. The number of carbonyl (C=O) groups excluding carboxylic acids is 1. The van der Waals surface area contributed by atoms with Gasteiger partial charge in [-0.25, -0.2) is 4.98 Å². The highest BCUT2D eigenvalue weighted by Gasteiger charge is 2.17. The van der Waals surface area contributed by atoms with Crippen LogP contribution >= 0.6 is 34.3 Å². The van der Waals surface area contributed by atoms with Crippen LogP contribution in [0.3, 0.4) is 0 Å². The number of amides is 1. The molecule has 0 unspecified atom stereocenters. The molecular formula is C16H10ClN3OS2. The molecule has 0 aliphatic carbocycles. The largest absolute Gasteiger partial charge is 0.321 e. The number of benzene rings is 1. The Morgan fingerprint density at radius 3 is 2.91 bits per heavy atom. The minimum Gasteiger partial charge on any atom is -0.321 e. The van der Waals surface area contributed by atoms with Gasteiger partial charge in [-0.1, -0.05) is 17.7 Å². The van der Waals surface area contributed by atoms with Gasteiger partial charge in [0.2, 0.25) is 0 Å². The highest BCUT2D eigenvalue weighted by atomic mass is 35.5. The Balaban J connectivity index is 1.85. The molecule has 1 N–H and O–H groups in total. The van der Waals surface area contributed by atoms with E-state index in [9.17, 15) is 4.79 Å². The topological polar surface area (TPSA) is 65.8 Å². The van der Waals surface area contributed by atoms with Crippen molar-refractivity contribution in [3.63, 3.8) is 0 Å². The Bertz CT molecular complexity index is 910. The summed E-state index contributed by atoms with van der Waals surface area (Å²) < 4.78 is 0. The predicted molar refractivity (Wildman–Crippen MR) is 94.3 cm³/mol. The quantitative estimate of drug-likeness (QED) is 0.718. The first-order valence-corrected chi connectivity index (χ1v) is 8.68. The van der Waals surface area contributed by atoms with Crippen LogP contribution in [-0.4, -0.2) is 10.9 Å². The molecule has 2 aromatic heterocycles. The van der Waals surface area contributed by atoms with Gasteiger partial charge in [0.15, 0.2) is 0 Å². The first-order valence-electron chi connectivity index (χ1n) is 6.61. The lowest BCUT2D eigenvalue weighted by Gasteiger charge is -2.05. The van der Waals surface area contributed by atoms with Gasteiger partial charge in [-0.3, -0.25) is 4.79 Å². The second-order valence-corrected chi connectivity index (χ2v) is 7.03. The van der Waals surface area contributed by atoms with Gasteiger partial charge >= 0.3 is 0 Å². The first-order chi connectivity index (χ1) is 11.1. The number of nitrogens with zero attached hydrogens (tertiary/aromatic N) is 2. The van der Waals surface area contributed by atoms with Gasteiger partial charge in [0.05, 0.1) is 21.2 Å². The Kier molecular flexibility index (Phi) is 4.44. The summed E-state index contributed by atoms with van der Waals surface area (Å²) in [5.74, 6) is -0.242. The van der Waals surface area contributed by atoms with Crippen LogP contribution in [0, 0.1) is 18.3 Å². The first kappa shape index (κ1) is 15.7. The molecule has 0 atom stereocenters. The molecule has 0 fully saturated rings. The Labute approximate surface area is 146 Å². The van der Waals surface area contributed by atoms with E-state index >= 15 is 0 Å². The maximum atomic E-state index is 12.4. The molecule has 2 heterocycles. The highest BCUT2D eigenvalue weighted by molar-refractivity contribution is 7.22. The molecule has 0 radical (unpaired) electrons. The summed E-state index contributed by atoms with van der Waals surface area (Å²) >= 11 is 8.83. The lowest BCUT2D eigenvalue weighted by atomic mass is 10.2. The molecular weight excluding hydrogens is 350 g/mol. The van der Waals surface area contributed by atoms with Gasteiger partial charge in [0.25, 0.3) is 5.91 Å². The Morgan fingerprint density at radius 1 is 1.39 bits per heavy atom. The fourth-order valence-electron chi connectivity index (χ4n) is 1.99. The normalized spacial score (nSPS) is 10.3. The van der Waals surface area contributed by atoms with Crippen LogP contribution in [0.5, 0.6) is 0 Å². The third kappa shape index (κ3) is 3.27. The summed E-state index contributed by atoms with van der Waals surface area (Å²) in [6.45, 7) is 1.81. The van der Waals surface area contributed by atoms with Gasteiger partial charge in [-0.2, -0.15) is 5.26 Å². The van der Waals surface area contributed by atoms with Crippen molar-refractivity contribution in [2.75, 3.05) is 5.32 Å². The van der Waals surface area contributed by atoms with Crippen molar-refractivity contribution >= 4 is 45.9 Å². The van der Waals surface area contributed by atoms with Crippen LogP contribution in [0.4, 0.5) is 5.69 Å². The average Bonchev–Trinajstić information content (AvgIpc) is 3.18. The minimum absolute atomic E-state index is 0.242. The lowest BCUT2D eigenvalue weighted by Crippen LogP contribution is -2.11. The number of hydrogen-bond acceptors (Lipinski definition) is 5. The highest BCUT2D eigenvalue weighted by Crippen LogP contribution is 2.31. The molecule has 4 nitrogen and oxygen atoms in total. The molecule has 23 heavy (non-hydrogen) atoms. The van der Waals surface area contributed by atoms with Gasteiger partial charge < -0.3 is 5.32 Å². The molecule has 114 valence electrons. The summed E-state index contributed by atoms with van der Waals surface area (Å²) in [4.78, 5) is 18.5. The van der Waals surface area contributed by atoms with E-state index in [0.717, 1.165) is 9.88 Å². The summed E-state index contributed by atoms with van der Waals surface area (Å²) in [6.07, 6.45) is 0. The summed E-state index contributed by atoms with van der Waals surface area (Å²) in [5.41, 5.74) is 1.54. The maximum Gasteiger partial charge on any atom is 0.267 e. The Morgan fingerprint density at radius 2 is 2.22 bits per heavy atom. The number of carbonyl (C=O) groups is 1. The van der Waals surface area contributed by atoms with Crippen LogP contribution in [0.15, 0.2) is 35.7 Å². The number of hydrogen-bond donors (Lipinski definition) is 1. The standard InChI is InChI=1S/C16H10ClN3OS2/c1-9-14(23-16(19-9)13-3-2-6-22-13)15(21)20-11-4-5-12(17)10(7-11)8-18/h2-7H,1H3,(H,20,21). The minimum atomic E-state index is -0.242. The monoisotopic (exact) mass is 359 g/mol. The van der Waals surface area contributed by atoms with Gasteiger partial charge in [-0.05, 0) is 36.6 Å². The second kappa shape index (κ2) is 6.50. The van der Waals surface area contributed by atoms with E-state index in [1.807, 2.05) is 30.5 Å². The average molecular weight is 360 g/mol. The van der Waals surface area contributed by atoms with E-state index in [2.05, 4.69) is 10.3 Å². The predicted octanol–water partition coefficient (Wildman–Crippen LogP) is 4.96. The van der Waals surface area contributed by atoms with Crippen LogP contribution in [0.25, 0.3) is 9.88 Å². The van der Waals surface area contributed by atoms with Gasteiger partial charge in [0, 0.05) is 5.69 Å². The van der Waals surface area contributed by atoms with Crippen molar-refractivity contribution in [1.29, 1.82) is 5.26 Å². The third-order valence-electron chi connectivity index (χ3n) is 3.08. The molecule has 0 saturated heterocycles. The van der Waals surface area contributed by atoms with Crippen LogP contribution in [-0.2, 0) is 0 Å². The summed E-state index contributed by atoms with van der Waals surface area (Å²) in [7, 11) is 0. The number of nitriles is 1. The number of aromatic nitrogens is 1. The van der Waals surface area contributed by atoms with E-state index in [1.54, 1.807) is 29.5 Å². The van der Waals surface area contributed by atoms with Crippen LogP contribution in [0.1, 0.15) is 20.9 Å². The number of anilines is 1. The summed E-state index contributed by atoms with van der Waals surface area (Å²) in [5, 5.41) is 14.9. The van der Waals surface area contributed by atoms with E-state index in [0.29, 0.717) is 26.8 Å². The van der Waals surface area contributed by atoms with E-state index in [4.69, 9.17) is 16.9 Å². The van der Waals surface area contributed by atoms with Gasteiger partial charge in [0.1, 0.15) is 16.0 Å². The number of thiophene rings is 1. The van der Waals surface area contributed by atoms with Crippen molar-refractivity contribution in [3.05, 3.63) is 56.9 Å². The van der Waals surface area contributed by atoms with E-state index < -0.39 is 0 Å². The van der Waals surface area contributed by atoms with Crippen molar-refractivity contribution < 1.29 is 4.79 Å². The van der Waals surface area contributed by atoms with Crippen LogP contribution in [0.2, 0.25) is 5.02 Å². The van der Waals surface area contributed by atoms with E-state index in [-0.39, 0.29) is 5.91 Å². The Hall–Kier alpha value is -2.20. The molecule has 0 spiro atoms. The molecule has 0 aliphatic heterocycles. The van der Waals surface area contributed by atoms with Gasteiger partial charge in [-0.15, -0.1) is 22.7 Å². The zero-order valence-corrected chi connectivity index (χ0v) is 14.4. The van der Waals surface area contributed by atoms with E-state index in [1.165, 1.54) is 11.3 Å². The molecule has 0 bridgehead atoms. The number of nitrogens with one attached hydrogen (secondary N) is 1. The van der Waals surface area contributed by atoms with Crippen molar-refractivity contribution in [2.45, 2.75) is 6.92 Å². The fourth-order valence-corrected chi connectivity index (χ4v) is 3.91. The zero-order valence-electron chi connectivity index (χ0n) is 12.0. The number of rotatable bonds is 3. The molecule has 1 aromatic carbocycles. The molecule has 1 amide bonds. The summed E-state index contributed by atoms with van der Waals surface area (Å²) in [6, 6.07) is 10.7. The zero-order chi connectivity index (χ0) is 16.4. The molecule has 3 rings (SSSR count). The van der Waals surface area contributed by atoms with Crippen molar-refractivity contribution in [3.8, 4) is 16.0 Å². The second-order valence-electron chi connectivity index (χ2n) is 4.67. The molecule has 0 saturated carbocycles. The number of thiazole rings is 1. The maximum absolute atomic E-state index is 12.4. The number of aryl methyl sites for hydroxylation is 1. The number of halogens is 1. The molecule has 3 aromatic rings. The molecule has 0 aliphatic rings. The third-order valence-corrected chi connectivity index (χ3v) is 5.60. The van der Waals surface area contributed by atoms with Crippen molar-refractivity contribution in [1.82, 2.24) is 4.98 Å². The van der Waals surface area contributed by atoms with Crippen LogP contribution < -0.4 is 5.32 Å². The van der Waals surface area contributed by atoms with Crippen molar-refractivity contribution in [2.24, 2.45) is 0 Å².